The van der Waals surface area contributed by atoms with E-state index in [1.165, 1.54) is 0 Å². The molecule has 1 aromatic rings. The highest BCUT2D eigenvalue weighted by Gasteiger charge is 2.38. The molecular formula is C15H22N2O3S. The molecule has 3 rings (SSSR count). The maximum atomic E-state index is 12.6. The van der Waals surface area contributed by atoms with E-state index in [-0.39, 0.29) is 18.0 Å². The summed E-state index contributed by atoms with van der Waals surface area (Å²) in [7, 11) is -1.38. The standard InChI is InChI=1S/C15H22N2O3S/c1-16-8-12-3-2-4-13(7-12)11-21(18,19)17-9-14-5-6-15(10-17)20-14/h2-4,7,14-16H,5-6,8-11H2,1H3. The first-order valence-corrected chi connectivity index (χ1v) is 9.03. The highest BCUT2D eigenvalue weighted by molar-refractivity contribution is 7.88. The third kappa shape index (κ3) is 3.45. The van der Waals surface area contributed by atoms with Crippen molar-refractivity contribution in [2.45, 2.75) is 37.3 Å². The average molecular weight is 310 g/mol. The van der Waals surface area contributed by atoms with Crippen LogP contribution in [0, 0.1) is 0 Å². The smallest absolute Gasteiger partial charge is 0.218 e. The van der Waals surface area contributed by atoms with Crippen molar-refractivity contribution < 1.29 is 13.2 Å². The Balaban J connectivity index is 1.72. The van der Waals surface area contributed by atoms with Gasteiger partial charge in [-0.1, -0.05) is 24.3 Å². The van der Waals surface area contributed by atoms with Crippen LogP contribution in [0.15, 0.2) is 24.3 Å². The van der Waals surface area contributed by atoms with E-state index in [1.54, 1.807) is 4.31 Å². The van der Waals surface area contributed by atoms with Gasteiger partial charge >= 0.3 is 0 Å². The van der Waals surface area contributed by atoms with Crippen molar-refractivity contribution in [1.29, 1.82) is 0 Å². The summed E-state index contributed by atoms with van der Waals surface area (Å²) in [5.41, 5.74) is 1.95. The van der Waals surface area contributed by atoms with Crippen LogP contribution in [-0.4, -0.2) is 45.1 Å². The molecule has 1 N–H and O–H groups in total. The summed E-state index contributed by atoms with van der Waals surface area (Å²) >= 11 is 0. The molecule has 116 valence electrons. The van der Waals surface area contributed by atoms with Crippen molar-refractivity contribution in [3.63, 3.8) is 0 Å². The maximum Gasteiger partial charge on any atom is 0.218 e. The van der Waals surface area contributed by atoms with Crippen LogP contribution in [0.5, 0.6) is 0 Å². The van der Waals surface area contributed by atoms with Crippen LogP contribution in [0.4, 0.5) is 0 Å². The topological polar surface area (TPSA) is 58.6 Å². The molecule has 5 nitrogen and oxygen atoms in total. The number of rotatable bonds is 5. The number of nitrogens with zero attached hydrogens (tertiary/aromatic N) is 1. The Morgan fingerprint density at radius 2 is 1.90 bits per heavy atom. The van der Waals surface area contributed by atoms with Crippen molar-refractivity contribution in [2.75, 3.05) is 20.1 Å². The highest BCUT2D eigenvalue weighted by Crippen LogP contribution is 2.28. The Morgan fingerprint density at radius 3 is 2.57 bits per heavy atom. The molecule has 2 aliphatic rings. The van der Waals surface area contributed by atoms with Crippen LogP contribution in [-0.2, 0) is 27.1 Å². The molecule has 0 radical (unpaired) electrons. The van der Waals surface area contributed by atoms with E-state index in [0.29, 0.717) is 13.1 Å². The number of morpholine rings is 1. The van der Waals surface area contributed by atoms with E-state index in [0.717, 1.165) is 30.5 Å². The molecule has 2 saturated heterocycles. The molecule has 0 amide bonds. The van der Waals surface area contributed by atoms with Gasteiger partial charge in [-0.05, 0) is 31.0 Å². The summed E-state index contributed by atoms with van der Waals surface area (Å²) in [6.07, 6.45) is 2.14. The van der Waals surface area contributed by atoms with Gasteiger partial charge in [-0.15, -0.1) is 0 Å². The van der Waals surface area contributed by atoms with Crippen molar-refractivity contribution in [3.8, 4) is 0 Å². The SMILES string of the molecule is CNCc1cccc(CS(=O)(=O)N2CC3CCC(C2)O3)c1. The highest BCUT2D eigenvalue weighted by atomic mass is 32.2. The minimum absolute atomic E-state index is 0.0734. The third-order valence-electron chi connectivity index (χ3n) is 4.12. The lowest BCUT2D eigenvalue weighted by Gasteiger charge is -2.31. The predicted molar refractivity (Wildman–Crippen MR) is 81.3 cm³/mol. The number of hydrogen-bond donors (Lipinski definition) is 1. The van der Waals surface area contributed by atoms with Gasteiger partial charge in [0.15, 0.2) is 0 Å². The normalized spacial score (nSPS) is 26.1. The Morgan fingerprint density at radius 1 is 1.24 bits per heavy atom. The Hall–Kier alpha value is -0.950. The maximum absolute atomic E-state index is 12.6. The number of fused-ring (bicyclic) bond motifs is 2. The van der Waals surface area contributed by atoms with Crippen LogP contribution in [0.1, 0.15) is 24.0 Å². The fraction of sp³-hybridized carbons (Fsp3) is 0.600. The molecule has 2 atom stereocenters. The van der Waals surface area contributed by atoms with Crippen LogP contribution in [0.25, 0.3) is 0 Å². The molecule has 0 spiro atoms. The van der Waals surface area contributed by atoms with Gasteiger partial charge in [0.1, 0.15) is 0 Å². The first-order valence-electron chi connectivity index (χ1n) is 7.42. The number of benzene rings is 1. The summed E-state index contributed by atoms with van der Waals surface area (Å²) < 4.78 is 32.5. The van der Waals surface area contributed by atoms with Gasteiger partial charge in [0.2, 0.25) is 10.0 Å². The van der Waals surface area contributed by atoms with Crippen molar-refractivity contribution in [3.05, 3.63) is 35.4 Å². The molecule has 1 aromatic carbocycles. The van der Waals surface area contributed by atoms with E-state index in [4.69, 9.17) is 4.74 Å². The molecule has 0 saturated carbocycles. The molecule has 2 bridgehead atoms. The molecule has 0 aromatic heterocycles. The second kappa shape index (κ2) is 6.04. The predicted octanol–water partition coefficient (Wildman–Crippen LogP) is 1.10. The van der Waals surface area contributed by atoms with Gasteiger partial charge < -0.3 is 10.1 Å². The van der Waals surface area contributed by atoms with Crippen molar-refractivity contribution in [2.24, 2.45) is 0 Å². The van der Waals surface area contributed by atoms with E-state index in [2.05, 4.69) is 5.32 Å². The fourth-order valence-electron chi connectivity index (χ4n) is 3.14. The molecule has 0 aliphatic carbocycles. The third-order valence-corrected chi connectivity index (χ3v) is 5.91. The van der Waals surface area contributed by atoms with Crippen LogP contribution in [0.3, 0.4) is 0 Å². The van der Waals surface area contributed by atoms with Crippen molar-refractivity contribution >= 4 is 10.0 Å². The number of sulfonamides is 1. The van der Waals surface area contributed by atoms with E-state index in [1.807, 2.05) is 31.3 Å². The lowest BCUT2D eigenvalue weighted by Crippen LogP contribution is -2.46. The largest absolute Gasteiger partial charge is 0.372 e. The number of nitrogens with one attached hydrogen (secondary N) is 1. The zero-order chi connectivity index (χ0) is 14.9. The minimum atomic E-state index is -3.26. The van der Waals surface area contributed by atoms with Gasteiger partial charge in [0, 0.05) is 19.6 Å². The van der Waals surface area contributed by atoms with E-state index < -0.39 is 10.0 Å². The summed E-state index contributed by atoms with van der Waals surface area (Å²) in [6, 6.07) is 7.76. The zero-order valence-electron chi connectivity index (χ0n) is 12.3. The second-order valence-corrected chi connectivity index (χ2v) is 7.85. The first kappa shape index (κ1) is 15.0. The molecule has 21 heavy (non-hydrogen) atoms. The molecule has 2 heterocycles. The monoisotopic (exact) mass is 310 g/mol. The lowest BCUT2D eigenvalue weighted by molar-refractivity contribution is -0.0115. The quantitative estimate of drug-likeness (QED) is 0.885. The Labute approximate surface area is 126 Å². The minimum Gasteiger partial charge on any atom is -0.372 e. The summed E-state index contributed by atoms with van der Waals surface area (Å²) in [4.78, 5) is 0. The second-order valence-electron chi connectivity index (χ2n) is 5.88. The number of ether oxygens (including phenoxy) is 1. The summed E-state index contributed by atoms with van der Waals surface area (Å²) in [6.45, 7) is 1.76. The summed E-state index contributed by atoms with van der Waals surface area (Å²) in [5, 5.41) is 3.08. The zero-order valence-corrected chi connectivity index (χ0v) is 13.1. The van der Waals surface area contributed by atoms with E-state index in [9.17, 15) is 8.42 Å². The van der Waals surface area contributed by atoms with Gasteiger partial charge in [-0.2, -0.15) is 4.31 Å². The van der Waals surface area contributed by atoms with Crippen LogP contribution in [0.2, 0.25) is 0 Å². The van der Waals surface area contributed by atoms with Crippen LogP contribution < -0.4 is 5.32 Å². The molecule has 2 aliphatic heterocycles. The molecular weight excluding hydrogens is 288 g/mol. The van der Waals surface area contributed by atoms with Crippen molar-refractivity contribution in [1.82, 2.24) is 9.62 Å². The summed E-state index contributed by atoms with van der Waals surface area (Å²) in [5.74, 6) is 0.0734. The number of hydrogen-bond acceptors (Lipinski definition) is 4. The molecule has 2 unspecified atom stereocenters. The lowest BCUT2D eigenvalue weighted by atomic mass is 10.1. The van der Waals surface area contributed by atoms with Gasteiger partial charge in [0.25, 0.3) is 0 Å². The first-order chi connectivity index (χ1) is 10.1. The Bertz CT molecular complexity index is 591. The van der Waals surface area contributed by atoms with Gasteiger partial charge in [-0.3, -0.25) is 0 Å². The fourth-order valence-corrected chi connectivity index (χ4v) is 4.71. The van der Waals surface area contributed by atoms with E-state index >= 15 is 0 Å². The van der Waals surface area contributed by atoms with Crippen LogP contribution >= 0.6 is 0 Å². The Kier molecular flexibility index (Phi) is 4.31. The average Bonchev–Trinajstić information content (AvgIpc) is 2.77. The molecule has 2 fully saturated rings. The van der Waals surface area contributed by atoms with Gasteiger partial charge in [-0.25, -0.2) is 8.42 Å². The van der Waals surface area contributed by atoms with Gasteiger partial charge in [0.05, 0.1) is 18.0 Å². The molecule has 6 heteroatoms.